The Morgan fingerprint density at radius 1 is 0.903 bits per heavy atom. The van der Waals surface area contributed by atoms with Crippen molar-refractivity contribution in [1.29, 1.82) is 0 Å². The summed E-state index contributed by atoms with van der Waals surface area (Å²) in [5, 5.41) is 24.5. The Labute approximate surface area is 179 Å². The third-order valence-corrected chi connectivity index (χ3v) is 4.02. The minimum absolute atomic E-state index is 0.0210. The zero-order chi connectivity index (χ0) is 24.1. The van der Waals surface area contributed by atoms with E-state index in [0.29, 0.717) is 0 Å². The summed E-state index contributed by atoms with van der Waals surface area (Å²) >= 11 is 0. The molecule has 0 bridgehead atoms. The van der Waals surface area contributed by atoms with Gasteiger partial charge in [-0.25, -0.2) is 0 Å². The molecule has 0 aromatic heterocycles. The number of carboxylic acid groups (broad SMARTS) is 2. The second-order valence-corrected chi connectivity index (χ2v) is 7.05. The number of nitrogens with two attached hydrogens (primary N) is 3. The topological polar surface area (TPSA) is 252 Å². The predicted octanol–water partition coefficient (Wildman–Crippen LogP) is -3.33. The predicted molar refractivity (Wildman–Crippen MR) is 109 cm³/mol. The molecule has 0 spiro atoms. The smallest absolute Gasteiger partial charge is 0.322 e. The van der Waals surface area contributed by atoms with Crippen LogP contribution in [0.15, 0.2) is 4.99 Å². The number of guanidine groups is 1. The highest BCUT2D eigenvalue weighted by atomic mass is 16.4. The van der Waals surface area contributed by atoms with Crippen LogP contribution >= 0.6 is 0 Å². The van der Waals surface area contributed by atoms with E-state index in [4.69, 9.17) is 27.4 Å². The fourth-order valence-electron chi connectivity index (χ4n) is 2.29. The van der Waals surface area contributed by atoms with Gasteiger partial charge >= 0.3 is 11.9 Å². The maximum Gasteiger partial charge on any atom is 0.322 e. The normalized spacial score (nSPS) is 13.4. The average Bonchev–Trinajstić information content (AvgIpc) is 2.66. The number of carbonyl (C=O) groups is 5. The summed E-state index contributed by atoms with van der Waals surface area (Å²) in [7, 11) is 0. The van der Waals surface area contributed by atoms with Gasteiger partial charge in [0.15, 0.2) is 5.96 Å². The van der Waals surface area contributed by atoms with Gasteiger partial charge < -0.3 is 43.4 Å². The largest absolute Gasteiger partial charge is 0.481 e. The Kier molecular flexibility index (Phi) is 12.2. The van der Waals surface area contributed by atoms with Crippen LogP contribution in [0.25, 0.3) is 0 Å². The van der Waals surface area contributed by atoms with Gasteiger partial charge in [-0.05, 0) is 18.8 Å². The number of hydrogen-bond acceptors (Lipinski definition) is 7. The molecule has 11 N–H and O–H groups in total. The summed E-state index contributed by atoms with van der Waals surface area (Å²) in [5.41, 5.74) is 16.2. The summed E-state index contributed by atoms with van der Waals surface area (Å²) in [6.07, 6.45) is -0.482. The first-order valence-corrected chi connectivity index (χ1v) is 9.48. The molecule has 3 atom stereocenters. The van der Waals surface area contributed by atoms with Crippen LogP contribution < -0.4 is 33.2 Å². The van der Waals surface area contributed by atoms with E-state index in [1.807, 2.05) is 0 Å². The zero-order valence-electron chi connectivity index (χ0n) is 17.5. The van der Waals surface area contributed by atoms with Gasteiger partial charge in [-0.1, -0.05) is 13.8 Å². The van der Waals surface area contributed by atoms with E-state index in [2.05, 4.69) is 20.9 Å². The van der Waals surface area contributed by atoms with Crippen LogP contribution in [0.2, 0.25) is 0 Å². The number of aliphatic imine (C=N–C) groups is 1. The lowest BCUT2D eigenvalue weighted by Gasteiger charge is -2.24. The molecule has 0 fully saturated rings. The lowest BCUT2D eigenvalue weighted by molar-refractivity contribution is -0.141. The van der Waals surface area contributed by atoms with Crippen molar-refractivity contribution < 1.29 is 34.2 Å². The second kappa shape index (κ2) is 13.7. The lowest BCUT2D eigenvalue weighted by Crippen LogP contribution is -2.57. The molecule has 0 aliphatic carbocycles. The van der Waals surface area contributed by atoms with E-state index in [1.54, 1.807) is 13.8 Å². The molecule has 0 saturated carbocycles. The molecule has 0 heterocycles. The number of nitrogens with one attached hydrogen (secondary N) is 3. The highest BCUT2D eigenvalue weighted by molar-refractivity contribution is 5.95. The number of rotatable bonds is 14. The van der Waals surface area contributed by atoms with Gasteiger partial charge in [0.25, 0.3) is 0 Å². The summed E-state index contributed by atoms with van der Waals surface area (Å²) in [5.74, 6) is -5.56. The molecule has 0 saturated heterocycles. The third-order valence-electron chi connectivity index (χ3n) is 4.02. The molecule has 0 aromatic carbocycles. The molecule has 0 aliphatic heterocycles. The number of aliphatic carboxylic acids is 2. The van der Waals surface area contributed by atoms with Crippen molar-refractivity contribution in [2.24, 2.45) is 28.1 Å². The van der Waals surface area contributed by atoms with E-state index < -0.39 is 60.8 Å². The molecule has 31 heavy (non-hydrogen) atoms. The minimum Gasteiger partial charge on any atom is -0.481 e. The number of carboxylic acids is 2. The van der Waals surface area contributed by atoms with Crippen LogP contribution in [0, 0.1) is 5.92 Å². The molecule has 0 aromatic rings. The highest BCUT2D eigenvalue weighted by Gasteiger charge is 2.30. The number of nitrogens with zero attached hydrogens (tertiary/aromatic N) is 1. The summed E-state index contributed by atoms with van der Waals surface area (Å²) in [6.45, 7) is 2.81. The zero-order valence-corrected chi connectivity index (χ0v) is 17.5. The summed E-state index contributed by atoms with van der Waals surface area (Å²) in [4.78, 5) is 62.6. The lowest BCUT2D eigenvalue weighted by atomic mass is 10.0. The number of hydrogen-bond donors (Lipinski definition) is 8. The molecule has 0 radical (unpaired) electrons. The van der Waals surface area contributed by atoms with Gasteiger partial charge in [-0.2, -0.15) is 0 Å². The van der Waals surface area contributed by atoms with Crippen molar-refractivity contribution in [3.8, 4) is 0 Å². The van der Waals surface area contributed by atoms with Crippen LogP contribution in [0.1, 0.15) is 33.1 Å². The summed E-state index contributed by atoms with van der Waals surface area (Å²) in [6, 6.07) is -3.69. The van der Waals surface area contributed by atoms with Crippen molar-refractivity contribution in [2.75, 3.05) is 13.1 Å². The molecule has 14 heteroatoms. The number of amides is 3. The van der Waals surface area contributed by atoms with Gasteiger partial charge in [-0.15, -0.1) is 0 Å². The van der Waals surface area contributed by atoms with Gasteiger partial charge in [0.2, 0.25) is 17.7 Å². The quantitative estimate of drug-likeness (QED) is 0.0749. The average molecular weight is 445 g/mol. The fourth-order valence-corrected chi connectivity index (χ4v) is 2.29. The Morgan fingerprint density at radius 2 is 1.48 bits per heavy atom. The van der Waals surface area contributed by atoms with E-state index in [1.165, 1.54) is 0 Å². The minimum atomic E-state index is -1.50. The molecular weight excluding hydrogens is 414 g/mol. The van der Waals surface area contributed by atoms with Crippen LogP contribution in [0.3, 0.4) is 0 Å². The molecule has 0 aliphatic rings. The van der Waals surface area contributed by atoms with Crippen molar-refractivity contribution in [3.05, 3.63) is 0 Å². The first-order chi connectivity index (χ1) is 14.3. The maximum atomic E-state index is 12.6. The van der Waals surface area contributed by atoms with Gasteiger partial charge in [-0.3, -0.25) is 29.0 Å². The SMILES string of the molecule is CC(C)C(N)C(=O)NC(CC(=O)O)C(=O)NC(CCCN=C(N)N)C(=O)NCC(=O)O. The van der Waals surface area contributed by atoms with Gasteiger partial charge in [0.1, 0.15) is 18.6 Å². The highest BCUT2D eigenvalue weighted by Crippen LogP contribution is 2.04. The molecule has 3 unspecified atom stereocenters. The standard InChI is InChI=1S/C17H31N7O7/c1-8(2)13(18)16(31)24-10(6-11(25)26)15(30)23-9(4-3-5-21-17(19)20)14(29)22-7-12(27)28/h8-10,13H,3-7,18H2,1-2H3,(H,22,29)(H,23,30)(H,24,31)(H,25,26)(H,27,28)(H4,19,20,21). The van der Waals surface area contributed by atoms with Gasteiger partial charge in [0.05, 0.1) is 12.5 Å². The van der Waals surface area contributed by atoms with Crippen LogP contribution in [0.5, 0.6) is 0 Å². The van der Waals surface area contributed by atoms with Crippen molar-refractivity contribution in [2.45, 2.75) is 51.2 Å². The van der Waals surface area contributed by atoms with Crippen molar-refractivity contribution in [1.82, 2.24) is 16.0 Å². The Balaban J connectivity index is 5.34. The monoisotopic (exact) mass is 445 g/mol. The first-order valence-electron chi connectivity index (χ1n) is 9.48. The molecule has 0 rings (SSSR count). The van der Waals surface area contributed by atoms with Crippen LogP contribution in [-0.4, -0.2) is 77.0 Å². The molecule has 3 amide bonds. The maximum absolute atomic E-state index is 12.6. The third kappa shape index (κ3) is 12.0. The van der Waals surface area contributed by atoms with E-state index in [0.717, 1.165) is 0 Å². The fraction of sp³-hybridized carbons (Fsp3) is 0.647. The van der Waals surface area contributed by atoms with Crippen molar-refractivity contribution in [3.63, 3.8) is 0 Å². The van der Waals surface area contributed by atoms with E-state index in [9.17, 15) is 24.0 Å². The number of carbonyl (C=O) groups excluding carboxylic acids is 3. The van der Waals surface area contributed by atoms with E-state index in [-0.39, 0.29) is 31.3 Å². The first kappa shape index (κ1) is 27.6. The summed E-state index contributed by atoms with van der Waals surface area (Å²) < 4.78 is 0. The van der Waals surface area contributed by atoms with Gasteiger partial charge in [0, 0.05) is 6.54 Å². The Morgan fingerprint density at radius 3 is 1.97 bits per heavy atom. The molecule has 14 nitrogen and oxygen atoms in total. The Hall–Kier alpha value is -3.42. The van der Waals surface area contributed by atoms with Crippen LogP contribution in [-0.2, 0) is 24.0 Å². The molecule has 176 valence electrons. The van der Waals surface area contributed by atoms with E-state index >= 15 is 0 Å². The second-order valence-electron chi connectivity index (χ2n) is 7.05. The van der Waals surface area contributed by atoms with Crippen molar-refractivity contribution >= 4 is 35.6 Å². The molecular formula is C17H31N7O7. The van der Waals surface area contributed by atoms with Crippen LogP contribution in [0.4, 0.5) is 0 Å². The Bertz CT molecular complexity index is 692.